The van der Waals surface area contributed by atoms with E-state index in [-0.39, 0.29) is 5.56 Å². The molecule has 5 heteroatoms. The van der Waals surface area contributed by atoms with Gasteiger partial charge < -0.3 is 5.11 Å². The second-order valence-electron chi connectivity index (χ2n) is 4.08. The first-order valence-corrected chi connectivity index (χ1v) is 5.64. The predicted molar refractivity (Wildman–Crippen MR) is 71.7 cm³/mol. The van der Waals surface area contributed by atoms with Crippen molar-refractivity contribution in [3.8, 4) is 11.3 Å². The molecule has 1 aromatic carbocycles. The molecule has 0 saturated carbocycles. The second-order valence-corrected chi connectivity index (χ2v) is 4.08. The summed E-state index contributed by atoms with van der Waals surface area (Å²) in [4.78, 5) is 22.0. The summed E-state index contributed by atoms with van der Waals surface area (Å²) in [7, 11) is 0. The number of hydrogen-bond donors (Lipinski definition) is 2. The molecule has 0 radical (unpaired) electrons. The number of benzene rings is 1. The van der Waals surface area contributed by atoms with Gasteiger partial charge in [0.05, 0.1) is 5.69 Å². The van der Waals surface area contributed by atoms with E-state index in [0.29, 0.717) is 5.69 Å². The third kappa shape index (κ3) is 3.16. The zero-order chi connectivity index (χ0) is 13.8. The Labute approximate surface area is 109 Å². The molecule has 0 aliphatic carbocycles. The molecular weight excluding hydrogens is 244 g/mol. The molecule has 0 spiro atoms. The summed E-state index contributed by atoms with van der Waals surface area (Å²) in [5, 5.41) is 14.9. The summed E-state index contributed by atoms with van der Waals surface area (Å²) >= 11 is 0. The van der Waals surface area contributed by atoms with Crippen molar-refractivity contribution in [2.24, 2.45) is 0 Å². The molecule has 2 aromatic rings. The van der Waals surface area contributed by atoms with Crippen LogP contribution in [-0.2, 0) is 4.79 Å². The van der Waals surface area contributed by atoms with Crippen molar-refractivity contribution in [1.29, 1.82) is 0 Å². The average molecular weight is 256 g/mol. The lowest BCUT2D eigenvalue weighted by molar-refractivity contribution is -0.131. The highest BCUT2D eigenvalue weighted by Crippen LogP contribution is 2.16. The van der Waals surface area contributed by atoms with E-state index in [1.165, 1.54) is 6.08 Å². The maximum atomic E-state index is 11.5. The lowest BCUT2D eigenvalue weighted by atomic mass is 10.1. The Morgan fingerprint density at radius 1 is 1.32 bits per heavy atom. The van der Waals surface area contributed by atoms with Gasteiger partial charge in [-0.15, -0.1) is 0 Å². The van der Waals surface area contributed by atoms with Gasteiger partial charge in [0.1, 0.15) is 0 Å². The topological polar surface area (TPSA) is 83.0 Å². The molecule has 0 saturated heterocycles. The Morgan fingerprint density at radius 2 is 2.00 bits per heavy atom. The summed E-state index contributed by atoms with van der Waals surface area (Å²) in [5.41, 5.74) is 2.40. The molecule has 0 aliphatic rings. The summed E-state index contributed by atoms with van der Waals surface area (Å²) < 4.78 is 0. The minimum absolute atomic E-state index is 0.257. The van der Waals surface area contributed by atoms with Crippen LogP contribution in [0.2, 0.25) is 0 Å². The first-order valence-electron chi connectivity index (χ1n) is 5.64. The molecule has 1 aromatic heterocycles. The Morgan fingerprint density at radius 3 is 2.63 bits per heavy atom. The molecule has 0 fully saturated rings. The van der Waals surface area contributed by atoms with Crippen molar-refractivity contribution in [3.05, 3.63) is 57.9 Å². The number of H-pyrrole nitrogens is 1. The van der Waals surface area contributed by atoms with E-state index in [9.17, 15) is 9.59 Å². The van der Waals surface area contributed by atoms with Gasteiger partial charge in [0, 0.05) is 17.2 Å². The molecule has 0 aliphatic heterocycles. The summed E-state index contributed by atoms with van der Waals surface area (Å²) in [6, 6.07) is 9.22. The van der Waals surface area contributed by atoms with Crippen LogP contribution in [0.15, 0.2) is 41.2 Å². The maximum absolute atomic E-state index is 11.5. The van der Waals surface area contributed by atoms with Gasteiger partial charge in [-0.3, -0.25) is 4.79 Å². The second kappa shape index (κ2) is 5.30. The van der Waals surface area contributed by atoms with E-state index in [1.807, 2.05) is 31.2 Å². The van der Waals surface area contributed by atoms with E-state index < -0.39 is 11.5 Å². The number of carboxylic acids is 1. The van der Waals surface area contributed by atoms with Crippen molar-refractivity contribution in [3.63, 3.8) is 0 Å². The number of hydrogen-bond acceptors (Lipinski definition) is 3. The number of carboxylic acid groups (broad SMARTS) is 1. The van der Waals surface area contributed by atoms with E-state index in [2.05, 4.69) is 10.2 Å². The van der Waals surface area contributed by atoms with Gasteiger partial charge in [-0.05, 0) is 19.1 Å². The molecule has 96 valence electrons. The average Bonchev–Trinajstić information content (AvgIpc) is 2.39. The van der Waals surface area contributed by atoms with Crippen LogP contribution < -0.4 is 5.56 Å². The Balaban J connectivity index is 2.43. The zero-order valence-electron chi connectivity index (χ0n) is 10.3. The molecule has 0 amide bonds. The Hall–Kier alpha value is -2.69. The van der Waals surface area contributed by atoms with Crippen LogP contribution in [0, 0.1) is 6.92 Å². The first-order chi connectivity index (χ1) is 9.06. The number of carbonyl (C=O) groups is 1. The Kier molecular flexibility index (Phi) is 3.56. The third-order valence-corrected chi connectivity index (χ3v) is 2.59. The van der Waals surface area contributed by atoms with Crippen molar-refractivity contribution in [1.82, 2.24) is 10.2 Å². The lowest BCUT2D eigenvalue weighted by Gasteiger charge is -2.01. The number of aromatic amines is 1. The highest BCUT2D eigenvalue weighted by atomic mass is 16.4. The largest absolute Gasteiger partial charge is 0.478 e. The van der Waals surface area contributed by atoms with Gasteiger partial charge >= 0.3 is 5.97 Å². The van der Waals surface area contributed by atoms with Gasteiger partial charge in [-0.2, -0.15) is 5.10 Å². The van der Waals surface area contributed by atoms with Crippen LogP contribution in [0.25, 0.3) is 17.3 Å². The molecule has 1 heterocycles. The number of nitrogens with one attached hydrogen (secondary N) is 1. The van der Waals surface area contributed by atoms with Gasteiger partial charge in [0.15, 0.2) is 0 Å². The van der Waals surface area contributed by atoms with Crippen molar-refractivity contribution in [2.75, 3.05) is 0 Å². The molecule has 19 heavy (non-hydrogen) atoms. The van der Waals surface area contributed by atoms with Crippen LogP contribution >= 0.6 is 0 Å². The van der Waals surface area contributed by atoms with Crippen LogP contribution in [0.4, 0.5) is 0 Å². The van der Waals surface area contributed by atoms with Gasteiger partial charge in [-0.25, -0.2) is 9.89 Å². The van der Waals surface area contributed by atoms with Crippen molar-refractivity contribution >= 4 is 12.0 Å². The fourth-order valence-corrected chi connectivity index (χ4v) is 1.58. The fraction of sp³-hybridized carbons (Fsp3) is 0.0714. The molecule has 0 bridgehead atoms. The van der Waals surface area contributed by atoms with E-state index in [1.54, 1.807) is 6.07 Å². The quantitative estimate of drug-likeness (QED) is 0.821. The van der Waals surface area contributed by atoms with E-state index in [4.69, 9.17) is 5.11 Å². The van der Waals surface area contributed by atoms with Crippen molar-refractivity contribution < 1.29 is 9.90 Å². The summed E-state index contributed by atoms with van der Waals surface area (Å²) in [6.07, 6.45) is 2.17. The third-order valence-electron chi connectivity index (χ3n) is 2.59. The molecular formula is C14H12N2O3. The number of aliphatic carboxylic acids is 1. The molecule has 2 N–H and O–H groups in total. The zero-order valence-corrected chi connectivity index (χ0v) is 10.3. The fourth-order valence-electron chi connectivity index (χ4n) is 1.58. The van der Waals surface area contributed by atoms with Gasteiger partial charge in [0.2, 0.25) is 0 Å². The van der Waals surface area contributed by atoms with Crippen LogP contribution in [0.5, 0.6) is 0 Å². The maximum Gasteiger partial charge on any atom is 0.328 e. The minimum Gasteiger partial charge on any atom is -0.478 e. The van der Waals surface area contributed by atoms with Gasteiger partial charge in [-0.1, -0.05) is 29.8 Å². The summed E-state index contributed by atoms with van der Waals surface area (Å²) in [6.45, 7) is 1.98. The van der Waals surface area contributed by atoms with E-state index in [0.717, 1.165) is 17.2 Å². The lowest BCUT2D eigenvalue weighted by Crippen LogP contribution is -2.11. The first kappa shape index (κ1) is 12.8. The predicted octanol–water partition coefficient (Wildman–Crippen LogP) is 1.84. The smallest absolute Gasteiger partial charge is 0.328 e. The van der Waals surface area contributed by atoms with Crippen LogP contribution in [0.3, 0.4) is 0 Å². The number of rotatable bonds is 3. The SMILES string of the molecule is Cc1ccc(-c2cc(/C=C/C(=O)O)c(=O)[nH]n2)cc1. The summed E-state index contributed by atoms with van der Waals surface area (Å²) in [5.74, 6) is -1.10. The molecule has 5 nitrogen and oxygen atoms in total. The highest BCUT2D eigenvalue weighted by molar-refractivity contribution is 5.85. The Bertz CT molecular complexity index is 685. The number of aromatic nitrogens is 2. The number of nitrogens with zero attached hydrogens (tertiary/aromatic N) is 1. The monoisotopic (exact) mass is 256 g/mol. The number of aryl methyl sites for hydroxylation is 1. The standard InChI is InChI=1S/C14H12N2O3/c1-9-2-4-10(5-3-9)12-8-11(6-7-13(17)18)14(19)16-15-12/h2-8H,1H3,(H,16,19)(H,17,18)/b7-6+. The highest BCUT2D eigenvalue weighted by Gasteiger charge is 2.03. The normalized spacial score (nSPS) is 10.8. The molecule has 2 rings (SSSR count). The minimum atomic E-state index is -1.10. The molecule has 0 atom stereocenters. The molecule has 0 unspecified atom stereocenters. The van der Waals surface area contributed by atoms with Crippen LogP contribution in [-0.4, -0.2) is 21.3 Å². The van der Waals surface area contributed by atoms with Crippen molar-refractivity contribution in [2.45, 2.75) is 6.92 Å². The van der Waals surface area contributed by atoms with Crippen LogP contribution in [0.1, 0.15) is 11.1 Å². The van der Waals surface area contributed by atoms with E-state index >= 15 is 0 Å². The van der Waals surface area contributed by atoms with Gasteiger partial charge in [0.25, 0.3) is 5.56 Å².